The maximum absolute atomic E-state index is 12.7. The van der Waals surface area contributed by atoms with Gasteiger partial charge in [0, 0.05) is 6.42 Å². The highest BCUT2D eigenvalue weighted by molar-refractivity contribution is 7.45. The number of quaternary nitrogens is 1. The summed E-state index contributed by atoms with van der Waals surface area (Å²) in [6, 6.07) is -0.789. The molecule has 0 aliphatic heterocycles. The molecule has 0 radical (unpaired) electrons. The molecule has 8 nitrogen and oxygen atoms in total. The number of unbranched alkanes of at least 4 members (excludes halogenated alkanes) is 19. The van der Waals surface area contributed by atoms with Gasteiger partial charge in [0.15, 0.2) is 0 Å². The molecular formula is C34H71N2O6P. The van der Waals surface area contributed by atoms with Gasteiger partial charge in [-0.05, 0) is 12.8 Å². The van der Waals surface area contributed by atoms with Crippen LogP contribution in [0.3, 0.4) is 0 Å². The van der Waals surface area contributed by atoms with E-state index in [0.29, 0.717) is 23.9 Å². The monoisotopic (exact) mass is 635 g/mol. The Morgan fingerprint density at radius 1 is 0.721 bits per heavy atom. The third-order valence-electron chi connectivity index (χ3n) is 8.10. The normalized spacial score (nSPS) is 14.9. The van der Waals surface area contributed by atoms with E-state index in [9.17, 15) is 19.4 Å². The number of carbonyl (C=O) groups excluding carboxylic acids is 1. The molecule has 0 heterocycles. The summed E-state index contributed by atoms with van der Waals surface area (Å²) >= 11 is 0. The topological polar surface area (TPSA) is 108 Å². The zero-order valence-electron chi connectivity index (χ0n) is 28.9. The molecule has 0 saturated carbocycles. The molecule has 3 atom stereocenters. The van der Waals surface area contributed by atoms with Gasteiger partial charge in [-0.25, -0.2) is 0 Å². The van der Waals surface area contributed by atoms with Crippen LogP contribution in [0, 0.1) is 0 Å². The Labute approximate surface area is 266 Å². The van der Waals surface area contributed by atoms with Crippen molar-refractivity contribution in [3.05, 3.63) is 0 Å². The van der Waals surface area contributed by atoms with Crippen molar-refractivity contribution in [2.45, 2.75) is 174 Å². The Bertz CT molecular complexity index is 688. The lowest BCUT2D eigenvalue weighted by Crippen LogP contribution is -2.46. The van der Waals surface area contributed by atoms with Gasteiger partial charge in [0.1, 0.15) is 13.2 Å². The molecule has 9 heteroatoms. The number of rotatable bonds is 32. The minimum absolute atomic E-state index is 0.0152. The summed E-state index contributed by atoms with van der Waals surface area (Å²) in [5.74, 6) is -0.169. The summed E-state index contributed by atoms with van der Waals surface area (Å²) in [6.45, 7) is 4.67. The van der Waals surface area contributed by atoms with Crippen molar-refractivity contribution in [3.8, 4) is 0 Å². The first-order valence-corrected chi connectivity index (χ1v) is 19.3. The van der Waals surface area contributed by atoms with Crippen molar-refractivity contribution < 1.29 is 32.9 Å². The van der Waals surface area contributed by atoms with Crippen LogP contribution in [-0.2, 0) is 18.4 Å². The molecule has 0 rings (SSSR count). The standard InChI is InChI=1S/C34H71N2O6P/c1-6-8-10-12-14-16-17-18-20-21-23-25-27-33(37)32(31-42-43(39,40)41-30-29-36(3,4)5)35-34(38)28-26-24-22-19-15-13-11-9-7-2/h32-33,37H,6-31H2,1-5H3,(H-,35,38,39,40)/t32-,33+/m0/s1. The molecule has 258 valence electrons. The second-order valence-electron chi connectivity index (χ2n) is 13.6. The lowest BCUT2D eigenvalue weighted by atomic mass is 10.0. The first kappa shape index (κ1) is 42.5. The van der Waals surface area contributed by atoms with Gasteiger partial charge in [0.2, 0.25) is 5.91 Å². The average Bonchev–Trinajstić information content (AvgIpc) is 2.94. The van der Waals surface area contributed by atoms with Gasteiger partial charge in [0.25, 0.3) is 7.82 Å². The van der Waals surface area contributed by atoms with Gasteiger partial charge in [-0.2, -0.15) is 0 Å². The predicted molar refractivity (Wildman–Crippen MR) is 178 cm³/mol. The van der Waals surface area contributed by atoms with Crippen LogP contribution in [0.5, 0.6) is 0 Å². The van der Waals surface area contributed by atoms with Crippen molar-refractivity contribution in [1.29, 1.82) is 0 Å². The molecule has 0 aromatic heterocycles. The molecule has 0 aromatic rings. The highest BCUT2D eigenvalue weighted by Crippen LogP contribution is 2.38. The van der Waals surface area contributed by atoms with Crippen LogP contribution in [0.2, 0.25) is 0 Å². The number of carbonyl (C=O) groups is 1. The number of likely N-dealkylation sites (N-methyl/N-ethyl adjacent to an activating group) is 1. The summed E-state index contributed by atoms with van der Waals surface area (Å²) in [4.78, 5) is 25.0. The molecule has 43 heavy (non-hydrogen) atoms. The van der Waals surface area contributed by atoms with E-state index in [4.69, 9.17) is 9.05 Å². The zero-order valence-corrected chi connectivity index (χ0v) is 29.8. The third kappa shape index (κ3) is 29.9. The summed E-state index contributed by atoms with van der Waals surface area (Å²) in [5.41, 5.74) is 0. The van der Waals surface area contributed by atoms with E-state index in [-0.39, 0.29) is 19.1 Å². The van der Waals surface area contributed by atoms with Crippen LogP contribution in [-0.4, -0.2) is 68.5 Å². The second-order valence-corrected chi connectivity index (χ2v) is 15.0. The van der Waals surface area contributed by atoms with Gasteiger partial charge in [-0.3, -0.25) is 9.36 Å². The smallest absolute Gasteiger partial charge is 0.268 e. The van der Waals surface area contributed by atoms with Crippen molar-refractivity contribution >= 4 is 13.7 Å². The molecule has 0 saturated heterocycles. The molecule has 0 bridgehead atoms. The van der Waals surface area contributed by atoms with E-state index in [1.807, 2.05) is 21.1 Å². The quantitative estimate of drug-likeness (QED) is 0.0440. The van der Waals surface area contributed by atoms with E-state index in [1.54, 1.807) is 0 Å². The fourth-order valence-electron chi connectivity index (χ4n) is 5.16. The molecule has 0 fully saturated rings. The number of nitrogens with zero attached hydrogens (tertiary/aromatic N) is 1. The largest absolute Gasteiger partial charge is 0.756 e. The highest BCUT2D eigenvalue weighted by Gasteiger charge is 2.24. The summed E-state index contributed by atoms with van der Waals surface area (Å²) < 4.78 is 23.1. The van der Waals surface area contributed by atoms with E-state index in [0.717, 1.165) is 38.5 Å². The Morgan fingerprint density at radius 2 is 1.14 bits per heavy atom. The molecule has 0 aliphatic rings. The SMILES string of the molecule is CCCCCCCCCCCCCC[C@@H](O)[C@H](COP(=O)([O-])OCC[N+](C)(C)C)NC(=O)CCCCCCCCCCC. The van der Waals surface area contributed by atoms with Crippen molar-refractivity contribution in [3.63, 3.8) is 0 Å². The van der Waals surface area contributed by atoms with Crippen LogP contribution < -0.4 is 10.2 Å². The maximum Gasteiger partial charge on any atom is 0.268 e. The molecule has 1 unspecified atom stereocenters. The molecular weight excluding hydrogens is 563 g/mol. The minimum atomic E-state index is -4.54. The molecule has 2 N–H and O–H groups in total. The summed E-state index contributed by atoms with van der Waals surface area (Å²) in [5, 5.41) is 13.8. The maximum atomic E-state index is 12.7. The van der Waals surface area contributed by atoms with Crippen LogP contribution in [0.4, 0.5) is 0 Å². The summed E-state index contributed by atoms with van der Waals surface area (Å²) in [6.07, 6.45) is 25.3. The number of amides is 1. The lowest BCUT2D eigenvalue weighted by molar-refractivity contribution is -0.870. The van der Waals surface area contributed by atoms with E-state index < -0.39 is 20.0 Å². The fraction of sp³-hybridized carbons (Fsp3) is 0.971. The number of aliphatic hydroxyl groups is 1. The van der Waals surface area contributed by atoms with Gasteiger partial charge < -0.3 is 28.8 Å². The van der Waals surface area contributed by atoms with Gasteiger partial charge in [-0.15, -0.1) is 0 Å². The number of aliphatic hydroxyl groups excluding tert-OH is 1. The Morgan fingerprint density at radius 3 is 1.58 bits per heavy atom. The van der Waals surface area contributed by atoms with E-state index >= 15 is 0 Å². The number of nitrogens with one attached hydrogen (secondary N) is 1. The van der Waals surface area contributed by atoms with Crippen molar-refractivity contribution in [1.82, 2.24) is 5.32 Å². The number of hydrogen-bond donors (Lipinski definition) is 2. The minimum Gasteiger partial charge on any atom is -0.756 e. The Hall–Kier alpha value is -0.500. The van der Waals surface area contributed by atoms with E-state index in [1.165, 1.54) is 96.3 Å². The Balaban J connectivity index is 4.50. The van der Waals surface area contributed by atoms with Gasteiger partial charge in [-0.1, -0.05) is 142 Å². The zero-order chi connectivity index (χ0) is 32.2. The molecule has 1 amide bonds. The van der Waals surface area contributed by atoms with Gasteiger partial charge in [0.05, 0.1) is 39.9 Å². The second kappa shape index (κ2) is 27.8. The summed E-state index contributed by atoms with van der Waals surface area (Å²) in [7, 11) is 1.31. The molecule has 0 aliphatic carbocycles. The van der Waals surface area contributed by atoms with Crippen LogP contribution in [0.25, 0.3) is 0 Å². The van der Waals surface area contributed by atoms with Crippen LogP contribution in [0.15, 0.2) is 0 Å². The highest BCUT2D eigenvalue weighted by atomic mass is 31.2. The third-order valence-corrected chi connectivity index (χ3v) is 9.06. The first-order chi connectivity index (χ1) is 20.5. The average molecular weight is 635 g/mol. The number of phosphoric acid groups is 1. The Kier molecular flexibility index (Phi) is 27.5. The van der Waals surface area contributed by atoms with E-state index in [2.05, 4.69) is 19.2 Å². The van der Waals surface area contributed by atoms with Crippen molar-refractivity contribution in [2.75, 3.05) is 40.9 Å². The lowest BCUT2D eigenvalue weighted by Gasteiger charge is -2.30. The molecule has 0 aromatic carbocycles. The van der Waals surface area contributed by atoms with Crippen molar-refractivity contribution in [2.24, 2.45) is 0 Å². The van der Waals surface area contributed by atoms with Gasteiger partial charge >= 0.3 is 0 Å². The fourth-order valence-corrected chi connectivity index (χ4v) is 5.88. The number of hydrogen-bond acceptors (Lipinski definition) is 6. The van der Waals surface area contributed by atoms with Crippen LogP contribution >= 0.6 is 7.82 Å². The number of phosphoric ester groups is 1. The van der Waals surface area contributed by atoms with Crippen LogP contribution in [0.1, 0.15) is 162 Å². The predicted octanol–water partition coefficient (Wildman–Crippen LogP) is 8.05. The first-order valence-electron chi connectivity index (χ1n) is 17.9. The molecule has 0 spiro atoms.